The Morgan fingerprint density at radius 1 is 1.13 bits per heavy atom. The minimum absolute atomic E-state index is 0.0866. The van der Waals surface area contributed by atoms with Gasteiger partial charge in [-0.3, -0.25) is 9.36 Å². The smallest absolute Gasteiger partial charge is 0.417 e. The van der Waals surface area contributed by atoms with E-state index >= 15 is 0 Å². The highest BCUT2D eigenvalue weighted by molar-refractivity contribution is 5.79. The summed E-state index contributed by atoms with van der Waals surface area (Å²) in [5.74, 6) is -2.67. The molecule has 0 radical (unpaired) electrons. The molecule has 2 aromatic carbocycles. The van der Waals surface area contributed by atoms with Gasteiger partial charge in [0.15, 0.2) is 0 Å². The first kappa shape index (κ1) is 25.6. The van der Waals surface area contributed by atoms with Crippen LogP contribution in [0.1, 0.15) is 41.7 Å². The normalized spacial score (nSPS) is 25.7. The van der Waals surface area contributed by atoms with E-state index < -0.39 is 58.2 Å². The number of nitriles is 1. The van der Waals surface area contributed by atoms with Crippen LogP contribution in [0.4, 0.5) is 13.2 Å². The van der Waals surface area contributed by atoms with E-state index in [1.165, 1.54) is 19.2 Å². The van der Waals surface area contributed by atoms with Gasteiger partial charge in [-0.1, -0.05) is 30.3 Å². The number of benzene rings is 2. The average molecular weight is 527 g/mol. The molecule has 3 heterocycles. The number of fused-ring (bicyclic) bond motifs is 5. The molecule has 1 aromatic heterocycles. The molecule has 8 nitrogen and oxygen atoms in total. The quantitative estimate of drug-likeness (QED) is 0.426. The summed E-state index contributed by atoms with van der Waals surface area (Å²) in [6.07, 6.45) is -4.84. The molecule has 3 N–H and O–H groups in total. The average Bonchev–Trinajstić information content (AvgIpc) is 3.40. The molecule has 38 heavy (non-hydrogen) atoms. The summed E-state index contributed by atoms with van der Waals surface area (Å²) in [6, 6.07) is 13.0. The second-order valence-corrected chi connectivity index (χ2v) is 9.73. The first-order valence-corrected chi connectivity index (χ1v) is 11.7. The summed E-state index contributed by atoms with van der Waals surface area (Å²) in [5.41, 5.74) is -3.69. The monoisotopic (exact) mass is 527 g/mol. The second kappa shape index (κ2) is 8.51. The highest BCUT2D eigenvalue weighted by Crippen LogP contribution is 2.66. The molecule has 0 aliphatic carbocycles. The summed E-state index contributed by atoms with van der Waals surface area (Å²) >= 11 is 0. The molecule has 11 heteroatoms. The fraction of sp³-hybridized carbons (Fsp3) is 0.333. The Labute approximate surface area is 215 Å². The number of nitrogens with zero attached hydrogens (tertiary/aromatic N) is 2. The van der Waals surface area contributed by atoms with Crippen molar-refractivity contribution in [1.29, 1.82) is 5.26 Å². The van der Waals surface area contributed by atoms with Gasteiger partial charge in [0.1, 0.15) is 17.1 Å². The van der Waals surface area contributed by atoms with E-state index in [-0.39, 0.29) is 16.8 Å². The Balaban J connectivity index is 1.67. The lowest BCUT2D eigenvalue weighted by Gasteiger charge is -2.35. The van der Waals surface area contributed by atoms with E-state index in [2.05, 4.69) is 5.32 Å². The van der Waals surface area contributed by atoms with Crippen molar-refractivity contribution in [3.8, 4) is 23.5 Å². The molecule has 4 atom stereocenters. The molecule has 3 aromatic rings. The predicted octanol–water partition coefficient (Wildman–Crippen LogP) is 4.20. The number of carbonyl (C=O) groups excluding carboxylic acids is 1. The second-order valence-electron chi connectivity index (χ2n) is 9.73. The zero-order chi connectivity index (χ0) is 27.6. The molecular formula is C27H24F3N3O5. The van der Waals surface area contributed by atoms with Gasteiger partial charge in [-0.05, 0) is 37.6 Å². The fourth-order valence-electron chi connectivity index (χ4n) is 5.98. The van der Waals surface area contributed by atoms with Crippen molar-refractivity contribution in [1.82, 2.24) is 9.88 Å². The number of ether oxygens (including phenoxy) is 2. The SMILES string of the molecule is COC(=O)[C@@H]1[C@@H](NCc2ccccc2)C2(C)OC1(C)c1c2c(O)n(-c2ccc(C#N)c(C(F)(F)F)c2)c1O. The maximum Gasteiger partial charge on any atom is 0.417 e. The number of esters is 1. The van der Waals surface area contributed by atoms with Crippen LogP contribution in [-0.4, -0.2) is 33.9 Å². The van der Waals surface area contributed by atoms with E-state index in [0.717, 1.165) is 16.2 Å². The Bertz CT molecular complexity index is 1480. The van der Waals surface area contributed by atoms with Crippen LogP contribution in [0.25, 0.3) is 5.69 Å². The third-order valence-corrected chi connectivity index (χ3v) is 7.57. The van der Waals surface area contributed by atoms with Crippen LogP contribution < -0.4 is 5.32 Å². The van der Waals surface area contributed by atoms with Crippen molar-refractivity contribution in [3.63, 3.8) is 0 Å². The van der Waals surface area contributed by atoms with Gasteiger partial charge in [-0.25, -0.2) is 0 Å². The number of methoxy groups -OCH3 is 1. The number of rotatable bonds is 5. The first-order valence-electron chi connectivity index (χ1n) is 11.7. The van der Waals surface area contributed by atoms with E-state index in [1.54, 1.807) is 13.8 Å². The van der Waals surface area contributed by atoms with Crippen LogP contribution in [0.3, 0.4) is 0 Å². The lowest BCUT2D eigenvalue weighted by molar-refractivity contribution is -0.153. The summed E-state index contributed by atoms with van der Waals surface area (Å²) < 4.78 is 53.2. The molecule has 2 aliphatic rings. The van der Waals surface area contributed by atoms with Crippen LogP contribution in [-0.2, 0) is 38.2 Å². The Morgan fingerprint density at radius 3 is 2.34 bits per heavy atom. The number of nitrogens with one attached hydrogen (secondary N) is 1. The van der Waals surface area contributed by atoms with Crippen LogP contribution in [0.2, 0.25) is 0 Å². The Kier molecular flexibility index (Phi) is 5.74. The molecule has 1 fully saturated rings. The summed E-state index contributed by atoms with van der Waals surface area (Å²) in [7, 11) is 1.23. The molecule has 5 rings (SSSR count). The molecular weight excluding hydrogens is 503 g/mol. The van der Waals surface area contributed by atoms with E-state index in [1.807, 2.05) is 30.3 Å². The zero-order valence-corrected chi connectivity index (χ0v) is 20.6. The highest BCUT2D eigenvalue weighted by Gasteiger charge is 2.71. The van der Waals surface area contributed by atoms with Crippen molar-refractivity contribution < 1.29 is 37.7 Å². The van der Waals surface area contributed by atoms with E-state index in [9.17, 15) is 28.2 Å². The van der Waals surface area contributed by atoms with Crippen LogP contribution >= 0.6 is 0 Å². The number of aromatic nitrogens is 1. The molecule has 1 saturated heterocycles. The molecule has 2 bridgehead atoms. The van der Waals surface area contributed by atoms with Gasteiger partial charge in [-0.2, -0.15) is 18.4 Å². The largest absolute Gasteiger partial charge is 0.494 e. The van der Waals surface area contributed by atoms with Gasteiger partial charge in [-0.15, -0.1) is 0 Å². The van der Waals surface area contributed by atoms with E-state index in [4.69, 9.17) is 14.7 Å². The highest BCUT2D eigenvalue weighted by atomic mass is 19.4. The van der Waals surface area contributed by atoms with Gasteiger partial charge >= 0.3 is 12.1 Å². The lowest BCUT2D eigenvalue weighted by atomic mass is 9.69. The number of hydrogen-bond donors (Lipinski definition) is 3. The molecule has 0 spiro atoms. The predicted molar refractivity (Wildman–Crippen MR) is 127 cm³/mol. The minimum Gasteiger partial charge on any atom is -0.494 e. The third kappa shape index (κ3) is 3.48. The standard InChI is InChI=1S/C27H24F3N3O5/c1-25-18-19(23(35)33(22(18)34)16-10-9-15(12-31)17(11-16)27(28,29)30)26(2,38-25)21(20(25)24(36)37-3)32-13-14-7-5-4-6-8-14/h4-11,20-21,32,34-35H,13H2,1-3H3/t20-,21+,25?,26?/m0/s1. The number of alkyl halides is 3. The Hall–Kier alpha value is -4.01. The van der Waals surface area contributed by atoms with Crippen molar-refractivity contribution in [2.45, 2.75) is 43.8 Å². The van der Waals surface area contributed by atoms with Gasteiger partial charge in [0.2, 0.25) is 11.8 Å². The summed E-state index contributed by atoms with van der Waals surface area (Å²) in [4.78, 5) is 13.0. The molecule has 0 amide bonds. The number of halogens is 3. The van der Waals surface area contributed by atoms with Gasteiger partial charge in [0.25, 0.3) is 0 Å². The molecule has 198 valence electrons. The Morgan fingerprint density at radius 2 is 1.76 bits per heavy atom. The van der Waals surface area contributed by atoms with Gasteiger partial charge in [0, 0.05) is 6.54 Å². The summed E-state index contributed by atoms with van der Waals surface area (Å²) in [6.45, 7) is 3.57. The molecule has 2 aliphatic heterocycles. The summed E-state index contributed by atoms with van der Waals surface area (Å²) in [5, 5.41) is 35.1. The maximum absolute atomic E-state index is 13.6. The van der Waals surface area contributed by atoms with Crippen molar-refractivity contribution in [3.05, 3.63) is 76.3 Å². The van der Waals surface area contributed by atoms with Crippen LogP contribution in [0.15, 0.2) is 48.5 Å². The fourth-order valence-corrected chi connectivity index (χ4v) is 5.98. The van der Waals surface area contributed by atoms with Gasteiger partial charge < -0.3 is 25.0 Å². The zero-order valence-electron chi connectivity index (χ0n) is 20.6. The maximum atomic E-state index is 13.6. The van der Waals surface area contributed by atoms with Crippen LogP contribution in [0, 0.1) is 17.2 Å². The first-order chi connectivity index (χ1) is 17.9. The van der Waals surface area contributed by atoms with Crippen molar-refractivity contribution >= 4 is 5.97 Å². The number of carbonyl (C=O) groups is 1. The van der Waals surface area contributed by atoms with Crippen molar-refractivity contribution in [2.24, 2.45) is 5.92 Å². The minimum atomic E-state index is -4.84. The lowest BCUT2D eigenvalue weighted by Crippen LogP contribution is -2.52. The van der Waals surface area contributed by atoms with Crippen molar-refractivity contribution in [2.75, 3.05) is 7.11 Å². The number of hydrogen-bond acceptors (Lipinski definition) is 7. The van der Waals surface area contributed by atoms with Gasteiger partial charge in [0.05, 0.1) is 47.2 Å². The molecule has 0 saturated carbocycles. The van der Waals surface area contributed by atoms with Crippen LogP contribution in [0.5, 0.6) is 11.8 Å². The van der Waals surface area contributed by atoms with E-state index in [0.29, 0.717) is 12.6 Å². The topological polar surface area (TPSA) is 117 Å². The number of aromatic hydroxyl groups is 2. The third-order valence-electron chi connectivity index (χ3n) is 7.57. The molecule has 2 unspecified atom stereocenters.